The van der Waals surface area contributed by atoms with Crippen LogP contribution in [0.25, 0.3) is 11.2 Å². The molecule has 198 valence electrons. The van der Waals surface area contributed by atoms with Crippen molar-refractivity contribution in [3.8, 4) is 11.5 Å². The third-order valence-corrected chi connectivity index (χ3v) is 6.21. The van der Waals surface area contributed by atoms with E-state index in [1.807, 2.05) is 11.9 Å². The van der Waals surface area contributed by atoms with Crippen molar-refractivity contribution in [2.45, 2.75) is 12.3 Å². The topological polar surface area (TPSA) is 113 Å². The minimum Gasteiger partial charge on any atom is -0.488 e. The number of likely N-dealkylation sites (tertiary alicyclic amines) is 1. The molecule has 38 heavy (non-hydrogen) atoms. The highest BCUT2D eigenvalue weighted by Crippen LogP contribution is 2.37. The summed E-state index contributed by atoms with van der Waals surface area (Å²) in [4.78, 5) is 14.7. The lowest BCUT2D eigenvalue weighted by molar-refractivity contribution is -0.137. The molecular formula is C24H22ClF3N8O2. The average molecular weight is 547 g/mol. The molecule has 10 nitrogen and oxygen atoms in total. The number of likely N-dealkylation sites (N-methyl/N-ethyl adjacent to an activating group) is 1. The van der Waals surface area contributed by atoms with E-state index in [1.54, 1.807) is 24.0 Å². The third kappa shape index (κ3) is 5.15. The number of nitrogens with one attached hydrogen (secondary N) is 3. The molecule has 0 amide bonds. The summed E-state index contributed by atoms with van der Waals surface area (Å²) in [7, 11) is 3.54. The van der Waals surface area contributed by atoms with E-state index in [2.05, 4.69) is 25.6 Å². The fraction of sp³-hybridized carbons (Fsp3) is 0.250. The molecule has 1 aromatic carbocycles. The van der Waals surface area contributed by atoms with Crippen molar-refractivity contribution in [2.75, 3.05) is 25.5 Å². The van der Waals surface area contributed by atoms with Gasteiger partial charge in [-0.15, -0.1) is 0 Å². The van der Waals surface area contributed by atoms with Crippen LogP contribution in [0.4, 0.5) is 24.8 Å². The van der Waals surface area contributed by atoms with E-state index < -0.39 is 11.7 Å². The zero-order valence-corrected chi connectivity index (χ0v) is 20.9. The summed E-state index contributed by atoms with van der Waals surface area (Å²) in [6, 6.07) is 3.46. The molecule has 0 aliphatic carbocycles. The number of aryl methyl sites for hydroxylation is 1. The summed E-state index contributed by atoms with van der Waals surface area (Å²) in [6.07, 6.45) is 2.22. The second-order valence-corrected chi connectivity index (χ2v) is 9.07. The number of aliphatic imine (C=N–C) groups is 1. The van der Waals surface area contributed by atoms with Gasteiger partial charge < -0.3 is 30.1 Å². The molecule has 14 heteroatoms. The number of anilines is 2. The molecule has 1 saturated heterocycles. The summed E-state index contributed by atoms with van der Waals surface area (Å²) < 4.78 is 53.9. The molecule has 0 saturated carbocycles. The number of allylic oxidation sites excluding steroid dienone is 2. The van der Waals surface area contributed by atoms with Crippen LogP contribution in [0.5, 0.6) is 11.5 Å². The maximum atomic E-state index is 13.6. The van der Waals surface area contributed by atoms with Crippen molar-refractivity contribution in [1.82, 2.24) is 24.8 Å². The Hall–Kier alpha value is -4.10. The molecule has 0 unspecified atom stereocenters. The first-order valence-electron chi connectivity index (χ1n) is 11.3. The fourth-order valence-electron chi connectivity index (χ4n) is 3.98. The maximum absolute atomic E-state index is 13.6. The SMILES string of the molecule is CN1CC(Oc2cc(Nc3nc4ncc(O/C(C=N)=C5\C=NC=CN5)c(Cl)c4n3C)cc(C(F)(F)F)c2)C1. The van der Waals surface area contributed by atoms with Crippen LogP contribution in [0.2, 0.25) is 5.02 Å². The predicted molar refractivity (Wildman–Crippen MR) is 137 cm³/mol. The molecule has 0 spiro atoms. The quantitative estimate of drug-likeness (QED) is 0.296. The number of benzene rings is 1. The van der Waals surface area contributed by atoms with Crippen LogP contribution in [0.15, 0.2) is 53.2 Å². The predicted octanol–water partition coefficient (Wildman–Crippen LogP) is 4.46. The number of hydrogen-bond donors (Lipinski definition) is 3. The normalized spacial score (nSPS) is 17.2. The first-order chi connectivity index (χ1) is 18.1. The van der Waals surface area contributed by atoms with Crippen LogP contribution in [0.3, 0.4) is 0 Å². The molecule has 5 rings (SSSR count). The van der Waals surface area contributed by atoms with E-state index in [0.29, 0.717) is 24.3 Å². The van der Waals surface area contributed by atoms with Crippen molar-refractivity contribution in [2.24, 2.45) is 12.0 Å². The van der Waals surface area contributed by atoms with Gasteiger partial charge in [0.25, 0.3) is 0 Å². The van der Waals surface area contributed by atoms with Gasteiger partial charge in [0.1, 0.15) is 28.1 Å². The molecule has 0 atom stereocenters. The highest BCUT2D eigenvalue weighted by molar-refractivity contribution is 6.36. The van der Waals surface area contributed by atoms with Crippen molar-refractivity contribution >= 4 is 46.8 Å². The van der Waals surface area contributed by atoms with Gasteiger partial charge in [-0.3, -0.25) is 9.89 Å². The molecule has 2 aliphatic heterocycles. The van der Waals surface area contributed by atoms with Crippen LogP contribution in [-0.2, 0) is 13.2 Å². The van der Waals surface area contributed by atoms with Gasteiger partial charge in [0.2, 0.25) is 5.95 Å². The Morgan fingerprint density at radius 3 is 2.71 bits per heavy atom. The molecule has 1 fully saturated rings. The molecule has 0 radical (unpaired) electrons. The van der Waals surface area contributed by atoms with Gasteiger partial charge >= 0.3 is 6.18 Å². The van der Waals surface area contributed by atoms with E-state index in [-0.39, 0.29) is 45.7 Å². The Bertz CT molecular complexity index is 1490. The fourth-order valence-corrected chi connectivity index (χ4v) is 4.28. The van der Waals surface area contributed by atoms with Gasteiger partial charge in [-0.25, -0.2) is 4.98 Å². The number of aromatic nitrogens is 3. The van der Waals surface area contributed by atoms with Gasteiger partial charge in [-0.1, -0.05) is 11.6 Å². The second-order valence-electron chi connectivity index (χ2n) is 8.70. The van der Waals surface area contributed by atoms with Crippen LogP contribution in [0, 0.1) is 5.41 Å². The number of nitrogens with zero attached hydrogens (tertiary/aromatic N) is 5. The number of rotatable bonds is 7. The van der Waals surface area contributed by atoms with Gasteiger partial charge in [-0.05, 0) is 19.2 Å². The van der Waals surface area contributed by atoms with Crippen LogP contribution >= 0.6 is 11.6 Å². The molecule has 2 aliphatic rings. The Kier molecular flexibility index (Phi) is 6.71. The lowest BCUT2D eigenvalue weighted by Gasteiger charge is -2.36. The van der Waals surface area contributed by atoms with Gasteiger partial charge in [0, 0.05) is 44.3 Å². The Labute approximate surface area is 219 Å². The number of hydrogen-bond acceptors (Lipinski definition) is 9. The van der Waals surface area contributed by atoms with Crippen LogP contribution < -0.4 is 20.1 Å². The smallest absolute Gasteiger partial charge is 0.416 e. The summed E-state index contributed by atoms with van der Waals surface area (Å²) >= 11 is 6.61. The lowest BCUT2D eigenvalue weighted by Crippen LogP contribution is -2.51. The molecule has 0 bridgehead atoms. The molecule has 4 heterocycles. The molecule has 2 aromatic heterocycles. The van der Waals surface area contributed by atoms with Crippen molar-refractivity contribution in [3.63, 3.8) is 0 Å². The molecular weight excluding hydrogens is 525 g/mol. The monoisotopic (exact) mass is 546 g/mol. The van der Waals surface area contributed by atoms with Crippen LogP contribution in [-0.4, -0.2) is 58.1 Å². The largest absolute Gasteiger partial charge is 0.488 e. The maximum Gasteiger partial charge on any atom is 0.416 e. The minimum absolute atomic E-state index is 0.105. The summed E-state index contributed by atoms with van der Waals surface area (Å²) in [5, 5.41) is 13.7. The standard InChI is InChI=1S/C24H22ClF3N8O2/c1-35-11-16(12-35)37-15-6-13(24(26,27)28)5-14(7-15)33-23-34-22-21(36(23)2)20(25)19(10-32-22)38-18(8-29)17-9-30-3-4-31-17/h3-10,16,29,31H,11-12H2,1-2H3,(H,32,33,34)/b18-17+,29-8?. The highest BCUT2D eigenvalue weighted by atomic mass is 35.5. The Morgan fingerprint density at radius 2 is 2.05 bits per heavy atom. The number of imidazole rings is 1. The number of halogens is 4. The van der Waals surface area contributed by atoms with E-state index in [1.165, 1.54) is 18.5 Å². The van der Waals surface area contributed by atoms with Crippen molar-refractivity contribution in [1.29, 1.82) is 5.41 Å². The third-order valence-electron chi connectivity index (χ3n) is 5.85. The zero-order valence-electron chi connectivity index (χ0n) is 20.2. The number of ether oxygens (including phenoxy) is 2. The van der Waals surface area contributed by atoms with E-state index in [9.17, 15) is 13.2 Å². The Balaban J connectivity index is 1.46. The van der Waals surface area contributed by atoms with E-state index in [4.69, 9.17) is 26.5 Å². The van der Waals surface area contributed by atoms with E-state index in [0.717, 1.165) is 18.3 Å². The lowest BCUT2D eigenvalue weighted by atomic mass is 10.1. The zero-order chi connectivity index (χ0) is 27.0. The number of alkyl halides is 3. The summed E-state index contributed by atoms with van der Waals surface area (Å²) in [5.74, 6) is 0.616. The van der Waals surface area contributed by atoms with Gasteiger partial charge in [0.15, 0.2) is 17.2 Å². The first-order valence-corrected chi connectivity index (χ1v) is 11.7. The Morgan fingerprint density at radius 1 is 1.26 bits per heavy atom. The van der Waals surface area contributed by atoms with Crippen LogP contribution in [0.1, 0.15) is 5.56 Å². The second kappa shape index (κ2) is 9.99. The number of fused-ring (bicyclic) bond motifs is 1. The van der Waals surface area contributed by atoms with Gasteiger partial charge in [-0.2, -0.15) is 18.2 Å². The average Bonchev–Trinajstić information content (AvgIpc) is 3.18. The number of pyridine rings is 1. The molecule has 3 aromatic rings. The van der Waals surface area contributed by atoms with Gasteiger partial charge in [0.05, 0.1) is 24.2 Å². The van der Waals surface area contributed by atoms with Crippen molar-refractivity contribution in [3.05, 3.63) is 58.8 Å². The first kappa shape index (κ1) is 25.5. The summed E-state index contributed by atoms with van der Waals surface area (Å²) in [5.41, 5.74) is 0.365. The van der Waals surface area contributed by atoms with E-state index >= 15 is 0 Å². The highest BCUT2D eigenvalue weighted by Gasteiger charge is 2.33. The minimum atomic E-state index is -4.57. The van der Waals surface area contributed by atoms with Crippen molar-refractivity contribution < 1.29 is 22.6 Å². The molecule has 3 N–H and O–H groups in total. The summed E-state index contributed by atoms with van der Waals surface area (Å²) in [6.45, 7) is 1.27.